The van der Waals surface area contributed by atoms with Crippen LogP contribution in [-0.4, -0.2) is 26.3 Å². The Morgan fingerprint density at radius 2 is 2.12 bits per heavy atom. The molecule has 1 aromatic carbocycles. The van der Waals surface area contributed by atoms with E-state index in [4.69, 9.17) is 4.42 Å². The van der Waals surface area contributed by atoms with Gasteiger partial charge in [-0.2, -0.15) is 0 Å². The summed E-state index contributed by atoms with van der Waals surface area (Å²) in [6.07, 6.45) is 4.21. The topological polar surface area (TPSA) is 85.3 Å². The van der Waals surface area contributed by atoms with Crippen LogP contribution in [0.4, 0.5) is 5.69 Å². The quantitative estimate of drug-likeness (QED) is 0.537. The minimum Gasteiger partial charge on any atom is -0.461 e. The van der Waals surface area contributed by atoms with Crippen LogP contribution in [0.5, 0.6) is 0 Å². The van der Waals surface area contributed by atoms with E-state index in [2.05, 4.69) is 14.9 Å². The molecule has 0 radical (unpaired) electrons. The molecule has 0 N–H and O–H groups in total. The van der Waals surface area contributed by atoms with Crippen molar-refractivity contribution >= 4 is 5.69 Å². The molecule has 126 valence electrons. The molecule has 4 rings (SSSR count). The van der Waals surface area contributed by atoms with Crippen molar-refractivity contribution in [2.24, 2.45) is 0 Å². The molecule has 0 spiro atoms. The smallest absolute Gasteiger partial charge is 0.273 e. The first kappa shape index (κ1) is 15.5. The fourth-order valence-corrected chi connectivity index (χ4v) is 3.10. The molecule has 1 aliphatic heterocycles. The van der Waals surface area contributed by atoms with Crippen molar-refractivity contribution in [2.75, 3.05) is 6.54 Å². The number of para-hydroxylation sites is 1. The van der Waals surface area contributed by atoms with Gasteiger partial charge in [0.15, 0.2) is 11.6 Å². The Bertz CT molecular complexity index is 908. The fourth-order valence-electron chi connectivity index (χ4n) is 3.10. The molecule has 0 saturated heterocycles. The molecule has 1 aliphatic rings. The summed E-state index contributed by atoms with van der Waals surface area (Å²) < 4.78 is 5.35. The fraction of sp³-hybridized carbons (Fsp3) is 0.222. The lowest BCUT2D eigenvalue weighted by molar-refractivity contribution is -0.385. The maximum atomic E-state index is 11.2. The second-order valence-electron chi connectivity index (χ2n) is 5.99. The van der Waals surface area contributed by atoms with Crippen LogP contribution in [0.3, 0.4) is 0 Å². The highest BCUT2D eigenvalue weighted by Gasteiger charge is 2.22. The van der Waals surface area contributed by atoms with Gasteiger partial charge in [-0.15, -0.1) is 0 Å². The second-order valence-corrected chi connectivity index (χ2v) is 5.99. The molecule has 0 aliphatic carbocycles. The van der Waals surface area contributed by atoms with E-state index < -0.39 is 0 Å². The van der Waals surface area contributed by atoms with Gasteiger partial charge in [0.1, 0.15) is 0 Å². The zero-order valence-corrected chi connectivity index (χ0v) is 13.5. The first-order valence-corrected chi connectivity index (χ1v) is 8.04. The summed E-state index contributed by atoms with van der Waals surface area (Å²) in [6, 6.07) is 10.5. The van der Waals surface area contributed by atoms with Crippen molar-refractivity contribution in [2.45, 2.75) is 19.5 Å². The van der Waals surface area contributed by atoms with Crippen LogP contribution in [0.25, 0.3) is 11.6 Å². The number of benzene rings is 1. The third-order valence-electron chi connectivity index (χ3n) is 4.34. The molecule has 3 aromatic rings. The average Bonchev–Trinajstić information content (AvgIpc) is 3.16. The summed E-state index contributed by atoms with van der Waals surface area (Å²) in [6.45, 7) is 2.02. The number of hydrogen-bond donors (Lipinski definition) is 0. The molecule has 0 fully saturated rings. The monoisotopic (exact) mass is 336 g/mol. The van der Waals surface area contributed by atoms with Gasteiger partial charge >= 0.3 is 0 Å². The largest absolute Gasteiger partial charge is 0.461 e. The molecule has 0 atom stereocenters. The van der Waals surface area contributed by atoms with E-state index in [9.17, 15) is 10.1 Å². The second kappa shape index (κ2) is 6.45. The lowest BCUT2D eigenvalue weighted by Gasteiger charge is -2.27. The molecule has 0 bridgehead atoms. The van der Waals surface area contributed by atoms with Gasteiger partial charge in [0, 0.05) is 49.4 Å². The van der Waals surface area contributed by atoms with Gasteiger partial charge in [-0.1, -0.05) is 18.2 Å². The lowest BCUT2D eigenvalue weighted by Crippen LogP contribution is -2.31. The van der Waals surface area contributed by atoms with Gasteiger partial charge in [-0.05, 0) is 12.1 Å². The predicted molar refractivity (Wildman–Crippen MR) is 90.6 cm³/mol. The Labute approximate surface area is 144 Å². The third kappa shape index (κ3) is 3.14. The van der Waals surface area contributed by atoms with Gasteiger partial charge in [0.25, 0.3) is 5.69 Å². The Morgan fingerprint density at radius 1 is 1.24 bits per heavy atom. The zero-order valence-electron chi connectivity index (χ0n) is 13.5. The highest BCUT2D eigenvalue weighted by Crippen LogP contribution is 2.25. The number of nitro benzene ring substituents is 1. The number of nitrogens with zero attached hydrogens (tertiary/aromatic N) is 4. The van der Waals surface area contributed by atoms with Gasteiger partial charge < -0.3 is 4.42 Å². The number of nitro groups is 1. The van der Waals surface area contributed by atoms with Crippen molar-refractivity contribution in [3.63, 3.8) is 0 Å². The Morgan fingerprint density at radius 3 is 2.92 bits per heavy atom. The van der Waals surface area contributed by atoms with Crippen molar-refractivity contribution in [3.8, 4) is 11.6 Å². The van der Waals surface area contributed by atoms with Crippen LogP contribution in [0.1, 0.15) is 16.8 Å². The number of fused-ring (bicyclic) bond motifs is 1. The Kier molecular flexibility index (Phi) is 3.99. The number of hydrogen-bond acceptors (Lipinski definition) is 6. The van der Waals surface area contributed by atoms with Crippen molar-refractivity contribution in [3.05, 3.63) is 75.8 Å². The zero-order chi connectivity index (χ0) is 17.2. The van der Waals surface area contributed by atoms with Crippen LogP contribution in [0.15, 0.2) is 53.3 Å². The van der Waals surface area contributed by atoms with E-state index in [-0.39, 0.29) is 10.6 Å². The number of rotatable bonds is 4. The standard InChI is InChI=1S/C18H16N4O3/c23-22(24)16-5-2-1-4-13(16)11-21-8-7-15-14(12-21)10-19-18(20-15)17-6-3-9-25-17/h1-6,9-10H,7-8,11-12H2. The van der Waals surface area contributed by atoms with E-state index in [1.165, 1.54) is 0 Å². The van der Waals surface area contributed by atoms with Gasteiger partial charge in [0.05, 0.1) is 16.9 Å². The van der Waals surface area contributed by atoms with Crippen LogP contribution in [0, 0.1) is 10.1 Å². The molecule has 7 heteroatoms. The van der Waals surface area contributed by atoms with Crippen molar-refractivity contribution in [1.29, 1.82) is 0 Å². The van der Waals surface area contributed by atoms with Gasteiger partial charge in [-0.3, -0.25) is 15.0 Å². The predicted octanol–water partition coefficient (Wildman–Crippen LogP) is 3.20. The highest BCUT2D eigenvalue weighted by molar-refractivity contribution is 5.47. The Balaban J connectivity index is 1.53. The molecule has 0 saturated carbocycles. The summed E-state index contributed by atoms with van der Waals surface area (Å²) in [5, 5.41) is 11.2. The SMILES string of the molecule is O=[N+]([O-])c1ccccc1CN1CCc2nc(-c3ccco3)ncc2C1. The van der Waals surface area contributed by atoms with E-state index in [1.807, 2.05) is 30.5 Å². The maximum Gasteiger partial charge on any atom is 0.273 e. The first-order valence-electron chi connectivity index (χ1n) is 8.04. The van der Waals surface area contributed by atoms with E-state index >= 15 is 0 Å². The molecule has 7 nitrogen and oxygen atoms in total. The summed E-state index contributed by atoms with van der Waals surface area (Å²) in [5.74, 6) is 1.25. The molecule has 2 aromatic heterocycles. The normalized spacial score (nSPS) is 14.2. The molecule has 0 unspecified atom stereocenters. The number of furan rings is 1. The molecular formula is C18H16N4O3. The molecule has 25 heavy (non-hydrogen) atoms. The van der Waals surface area contributed by atoms with Crippen LogP contribution >= 0.6 is 0 Å². The van der Waals surface area contributed by atoms with Crippen LogP contribution < -0.4 is 0 Å². The van der Waals surface area contributed by atoms with Gasteiger partial charge in [0.2, 0.25) is 0 Å². The molecule has 3 heterocycles. The summed E-state index contributed by atoms with van der Waals surface area (Å²) in [5.41, 5.74) is 2.96. The van der Waals surface area contributed by atoms with E-state index in [0.29, 0.717) is 24.7 Å². The van der Waals surface area contributed by atoms with Crippen LogP contribution in [-0.2, 0) is 19.5 Å². The molecular weight excluding hydrogens is 320 g/mol. The Hall–Kier alpha value is -3.06. The summed E-state index contributed by atoms with van der Waals surface area (Å²) in [4.78, 5) is 22.0. The lowest BCUT2D eigenvalue weighted by atomic mass is 10.1. The summed E-state index contributed by atoms with van der Waals surface area (Å²) >= 11 is 0. The van der Waals surface area contributed by atoms with Crippen LogP contribution in [0.2, 0.25) is 0 Å². The van der Waals surface area contributed by atoms with Gasteiger partial charge in [-0.25, -0.2) is 9.97 Å². The third-order valence-corrected chi connectivity index (χ3v) is 4.34. The summed E-state index contributed by atoms with van der Waals surface area (Å²) in [7, 11) is 0. The van der Waals surface area contributed by atoms with Crippen molar-refractivity contribution in [1.82, 2.24) is 14.9 Å². The minimum absolute atomic E-state index is 0.165. The molecule has 0 amide bonds. The first-order chi connectivity index (χ1) is 12.2. The van der Waals surface area contributed by atoms with E-state index in [1.54, 1.807) is 18.4 Å². The van der Waals surface area contributed by atoms with E-state index in [0.717, 1.165) is 29.8 Å². The van der Waals surface area contributed by atoms with Crippen molar-refractivity contribution < 1.29 is 9.34 Å². The maximum absolute atomic E-state index is 11.2. The average molecular weight is 336 g/mol. The minimum atomic E-state index is -0.327. The highest BCUT2D eigenvalue weighted by atomic mass is 16.6. The number of aromatic nitrogens is 2.